The molecule has 2 aromatic heterocycles. The predicted molar refractivity (Wildman–Crippen MR) is 249 cm³/mol. The molecule has 0 N–H and O–H groups in total. The number of furan rings is 1. The van der Waals surface area contributed by atoms with E-state index in [2.05, 4.69) is 206 Å². The predicted octanol–water partition coefficient (Wildman–Crippen LogP) is 15.2. The number of aromatic nitrogens is 1. The second kappa shape index (κ2) is 14.4. The van der Waals surface area contributed by atoms with Crippen molar-refractivity contribution in [1.82, 2.24) is 4.57 Å². The maximum atomic E-state index is 6.80. The van der Waals surface area contributed by atoms with E-state index in [1.165, 1.54) is 60.4 Å². The molecular formula is C56H44N2O. The Morgan fingerprint density at radius 1 is 0.576 bits per heavy atom. The number of allylic oxidation sites excluding steroid dienone is 1. The van der Waals surface area contributed by atoms with Crippen LogP contribution in [0.2, 0.25) is 0 Å². The first-order chi connectivity index (χ1) is 29.1. The number of hydrogen-bond acceptors (Lipinski definition) is 2. The number of rotatable bonds is 6. The molecule has 0 aliphatic carbocycles. The highest BCUT2D eigenvalue weighted by atomic mass is 16.3. The minimum absolute atomic E-state index is 0.0953. The summed E-state index contributed by atoms with van der Waals surface area (Å²) in [5.74, 6) is 0.289. The van der Waals surface area contributed by atoms with Crippen LogP contribution in [0.3, 0.4) is 0 Å². The summed E-state index contributed by atoms with van der Waals surface area (Å²) in [5, 5.41) is 7.19. The molecule has 10 aromatic rings. The fraction of sp³-hybridized carbons (Fsp3) is 0.125. The average Bonchev–Trinajstić information content (AvgIpc) is 3.82. The molecule has 1 aliphatic rings. The number of benzene rings is 8. The lowest BCUT2D eigenvalue weighted by atomic mass is 9.78. The molecule has 11 rings (SSSR count). The number of fused-ring (bicyclic) bond motifs is 7. The molecule has 3 heteroatoms. The van der Waals surface area contributed by atoms with Crippen LogP contribution in [0, 0.1) is 11.8 Å². The summed E-state index contributed by atoms with van der Waals surface area (Å²) in [4.78, 5) is 6.02. The van der Waals surface area contributed by atoms with Crippen molar-refractivity contribution in [2.24, 2.45) is 16.8 Å². The lowest BCUT2D eigenvalue weighted by Gasteiger charge is -2.31. The maximum absolute atomic E-state index is 6.80. The van der Waals surface area contributed by atoms with Crippen molar-refractivity contribution in [3.05, 3.63) is 205 Å². The van der Waals surface area contributed by atoms with E-state index in [0.717, 1.165) is 51.7 Å². The Bertz CT molecular complexity index is 3260. The van der Waals surface area contributed by atoms with Gasteiger partial charge in [0.05, 0.1) is 22.8 Å². The van der Waals surface area contributed by atoms with Crippen molar-refractivity contribution >= 4 is 65.8 Å². The highest BCUT2D eigenvalue weighted by Gasteiger charge is 2.31. The molecule has 0 saturated heterocycles. The Morgan fingerprint density at radius 2 is 1.25 bits per heavy atom. The molecule has 3 heterocycles. The van der Waals surface area contributed by atoms with Crippen molar-refractivity contribution in [2.45, 2.75) is 32.7 Å². The van der Waals surface area contributed by atoms with Crippen LogP contribution in [0.15, 0.2) is 197 Å². The second-order valence-corrected chi connectivity index (χ2v) is 16.2. The number of nitrogens with zero attached hydrogens (tertiary/aromatic N) is 2. The Morgan fingerprint density at radius 3 is 2.07 bits per heavy atom. The molecule has 284 valence electrons. The van der Waals surface area contributed by atoms with Crippen LogP contribution in [0.5, 0.6) is 0 Å². The summed E-state index contributed by atoms with van der Waals surface area (Å²) >= 11 is 0. The molecule has 59 heavy (non-hydrogen) atoms. The van der Waals surface area contributed by atoms with Crippen LogP contribution < -0.4 is 0 Å². The third kappa shape index (κ3) is 6.00. The van der Waals surface area contributed by atoms with E-state index in [9.17, 15) is 0 Å². The minimum atomic E-state index is -0.0953. The normalized spacial score (nSPS) is 19.1. The highest BCUT2D eigenvalue weighted by molar-refractivity contribution is 6.20. The second-order valence-electron chi connectivity index (χ2n) is 16.2. The van der Waals surface area contributed by atoms with Gasteiger partial charge in [0.25, 0.3) is 0 Å². The van der Waals surface area contributed by atoms with Crippen LogP contribution in [0.25, 0.3) is 76.9 Å². The van der Waals surface area contributed by atoms with Crippen molar-refractivity contribution < 1.29 is 4.42 Å². The Hall–Kier alpha value is -6.97. The summed E-state index contributed by atoms with van der Waals surface area (Å²) in [6, 6.07) is 66.0. The zero-order chi connectivity index (χ0) is 39.5. The van der Waals surface area contributed by atoms with Crippen molar-refractivity contribution in [1.29, 1.82) is 0 Å². The topological polar surface area (TPSA) is 30.4 Å². The maximum Gasteiger partial charge on any atom is 0.138 e. The molecule has 0 amide bonds. The summed E-state index contributed by atoms with van der Waals surface area (Å²) in [6.07, 6.45) is 4.34. The van der Waals surface area contributed by atoms with E-state index in [1.54, 1.807) is 0 Å². The molecule has 8 aromatic carbocycles. The molecule has 0 bridgehead atoms. The zero-order valence-electron chi connectivity index (χ0n) is 33.3. The van der Waals surface area contributed by atoms with Crippen molar-refractivity contribution in [3.8, 4) is 16.8 Å². The SMILES string of the molecule is CCC1/C(c2cccc(-c3ccccc3)c2)=C/CC(C)/C(c2cc(-n3c4ccccc4c4cc5ccccc5cc43)cc3oc4ccccc4c23)=N\C1c1ccccc1. The Balaban J connectivity index is 1.15. The lowest BCUT2D eigenvalue weighted by molar-refractivity contribution is 0.514. The van der Waals surface area contributed by atoms with E-state index in [-0.39, 0.29) is 17.9 Å². The van der Waals surface area contributed by atoms with Gasteiger partial charge in [0.1, 0.15) is 11.2 Å². The Kier molecular flexibility index (Phi) is 8.62. The van der Waals surface area contributed by atoms with Crippen molar-refractivity contribution in [3.63, 3.8) is 0 Å². The quantitative estimate of drug-likeness (QED) is 0.166. The van der Waals surface area contributed by atoms with Crippen LogP contribution in [-0.4, -0.2) is 10.3 Å². The van der Waals surface area contributed by atoms with Gasteiger partial charge in [0.15, 0.2) is 0 Å². The van der Waals surface area contributed by atoms with Gasteiger partial charge < -0.3 is 8.98 Å². The molecule has 3 atom stereocenters. The van der Waals surface area contributed by atoms with Crippen LogP contribution in [-0.2, 0) is 0 Å². The van der Waals surface area contributed by atoms with Crippen LogP contribution in [0.4, 0.5) is 0 Å². The zero-order valence-corrected chi connectivity index (χ0v) is 33.3. The van der Waals surface area contributed by atoms with E-state index in [0.29, 0.717) is 0 Å². The first kappa shape index (κ1) is 35.2. The summed E-state index contributed by atoms with van der Waals surface area (Å²) in [6.45, 7) is 4.68. The van der Waals surface area contributed by atoms with E-state index < -0.39 is 0 Å². The summed E-state index contributed by atoms with van der Waals surface area (Å²) in [7, 11) is 0. The van der Waals surface area contributed by atoms with Crippen molar-refractivity contribution in [2.75, 3.05) is 0 Å². The number of hydrogen-bond donors (Lipinski definition) is 0. The van der Waals surface area contributed by atoms with Gasteiger partial charge in [-0.25, -0.2) is 0 Å². The third-order valence-corrected chi connectivity index (χ3v) is 12.6. The van der Waals surface area contributed by atoms with E-state index in [4.69, 9.17) is 9.41 Å². The molecule has 0 saturated carbocycles. The lowest BCUT2D eigenvalue weighted by Crippen LogP contribution is -2.22. The van der Waals surface area contributed by atoms with Gasteiger partial charge in [-0.05, 0) is 87.8 Å². The standard InChI is InChI=1S/C56H44N2O/c1-3-44-45(42-24-16-23-39(31-42)37-17-6-4-7-18-37)30-29-36(2)55(57-56(44)38-19-8-5-9-20-38)49-34-43(35-53-54(49)47-26-13-15-28-52(47)59-53)58-50-27-14-12-25-46(50)48-32-40-21-10-11-22-41(40)33-51(48)58/h4-28,30-36,44,56H,3,29H2,1-2H3/b45-30+,57-55+. The molecule has 0 radical (unpaired) electrons. The molecule has 0 spiro atoms. The van der Waals surface area contributed by atoms with Gasteiger partial charge in [-0.3, -0.25) is 4.99 Å². The first-order valence-electron chi connectivity index (χ1n) is 21.0. The molecular weight excluding hydrogens is 717 g/mol. The van der Waals surface area contributed by atoms with Gasteiger partial charge in [0, 0.05) is 50.7 Å². The fourth-order valence-corrected chi connectivity index (χ4v) is 9.78. The summed E-state index contributed by atoms with van der Waals surface area (Å²) < 4.78 is 9.24. The molecule has 1 aliphatic heterocycles. The monoisotopic (exact) mass is 760 g/mol. The van der Waals surface area contributed by atoms with Gasteiger partial charge in [-0.2, -0.15) is 0 Å². The largest absolute Gasteiger partial charge is 0.456 e. The minimum Gasteiger partial charge on any atom is -0.456 e. The van der Waals surface area contributed by atoms with Crippen LogP contribution in [0.1, 0.15) is 49.4 Å². The van der Waals surface area contributed by atoms with Gasteiger partial charge in [-0.1, -0.05) is 159 Å². The van der Waals surface area contributed by atoms with E-state index >= 15 is 0 Å². The third-order valence-electron chi connectivity index (χ3n) is 12.6. The van der Waals surface area contributed by atoms with E-state index in [1.807, 2.05) is 0 Å². The van der Waals surface area contributed by atoms with Gasteiger partial charge in [0.2, 0.25) is 0 Å². The number of aliphatic imine (C=N–C) groups is 1. The number of para-hydroxylation sites is 2. The van der Waals surface area contributed by atoms with Crippen LogP contribution >= 0.6 is 0 Å². The molecule has 3 unspecified atom stereocenters. The highest BCUT2D eigenvalue weighted by Crippen LogP contribution is 2.45. The summed E-state index contributed by atoms with van der Waals surface area (Å²) in [5.41, 5.74) is 13.8. The molecule has 3 nitrogen and oxygen atoms in total. The first-order valence-corrected chi connectivity index (χ1v) is 21.0. The fourth-order valence-electron chi connectivity index (χ4n) is 9.78. The van der Waals surface area contributed by atoms with Gasteiger partial charge in [-0.15, -0.1) is 0 Å². The average molecular weight is 761 g/mol. The Labute approximate surface area is 344 Å². The van der Waals surface area contributed by atoms with Gasteiger partial charge >= 0.3 is 0 Å². The molecule has 0 fully saturated rings. The smallest absolute Gasteiger partial charge is 0.138 e.